The molecule has 0 aliphatic rings. The zero-order valence-electron chi connectivity index (χ0n) is 7.41. The van der Waals surface area contributed by atoms with Gasteiger partial charge < -0.3 is 5.11 Å². The van der Waals surface area contributed by atoms with Gasteiger partial charge in [-0.15, -0.1) is 6.58 Å². The Morgan fingerprint density at radius 2 is 2.31 bits per heavy atom. The largest absolute Gasteiger partial charge is 0.388 e. The van der Waals surface area contributed by atoms with Crippen LogP contribution in [0.4, 0.5) is 4.39 Å². The number of halogens is 1. The molecule has 1 rings (SSSR count). The van der Waals surface area contributed by atoms with Gasteiger partial charge in [-0.25, -0.2) is 4.39 Å². The van der Waals surface area contributed by atoms with Crippen molar-refractivity contribution < 1.29 is 9.50 Å². The molecule has 0 amide bonds. The molecule has 0 fully saturated rings. The highest BCUT2D eigenvalue weighted by Gasteiger charge is 2.06. The molecular formula is C11H13FO. The number of hydrogen-bond acceptors (Lipinski definition) is 1. The van der Waals surface area contributed by atoms with Crippen molar-refractivity contribution >= 4 is 0 Å². The van der Waals surface area contributed by atoms with Crippen molar-refractivity contribution in [2.45, 2.75) is 18.9 Å². The second-order valence-electron chi connectivity index (χ2n) is 2.94. The Morgan fingerprint density at radius 1 is 1.54 bits per heavy atom. The van der Waals surface area contributed by atoms with E-state index in [2.05, 4.69) is 6.58 Å². The van der Waals surface area contributed by atoms with Crippen LogP contribution < -0.4 is 0 Å². The minimum atomic E-state index is -0.589. The Balaban J connectivity index is 2.65. The summed E-state index contributed by atoms with van der Waals surface area (Å²) in [5.41, 5.74) is 0.627. The van der Waals surface area contributed by atoms with Gasteiger partial charge in [-0.2, -0.15) is 0 Å². The fraction of sp³-hybridized carbons (Fsp3) is 0.273. The van der Waals surface area contributed by atoms with E-state index in [1.807, 2.05) is 0 Å². The van der Waals surface area contributed by atoms with E-state index in [0.29, 0.717) is 12.0 Å². The van der Waals surface area contributed by atoms with Crippen LogP contribution in [0.25, 0.3) is 0 Å². The smallest absolute Gasteiger partial charge is 0.123 e. The Bertz CT molecular complexity index is 283. The van der Waals surface area contributed by atoms with Gasteiger partial charge in [0.2, 0.25) is 0 Å². The highest BCUT2D eigenvalue weighted by atomic mass is 19.1. The minimum absolute atomic E-state index is 0.310. The molecule has 0 radical (unpaired) electrons. The van der Waals surface area contributed by atoms with Crippen molar-refractivity contribution in [2.24, 2.45) is 0 Å². The molecule has 0 saturated heterocycles. The average molecular weight is 180 g/mol. The number of aliphatic hydroxyl groups excluding tert-OH is 1. The van der Waals surface area contributed by atoms with Crippen LogP contribution >= 0.6 is 0 Å². The van der Waals surface area contributed by atoms with Crippen molar-refractivity contribution in [3.05, 3.63) is 48.3 Å². The predicted octanol–water partition coefficient (Wildman–Crippen LogP) is 2.83. The van der Waals surface area contributed by atoms with Crippen LogP contribution in [0.2, 0.25) is 0 Å². The highest BCUT2D eigenvalue weighted by molar-refractivity contribution is 5.18. The summed E-state index contributed by atoms with van der Waals surface area (Å²) in [6.07, 6.45) is 2.47. The summed E-state index contributed by atoms with van der Waals surface area (Å²) in [4.78, 5) is 0. The van der Waals surface area contributed by atoms with Gasteiger partial charge in [0, 0.05) is 0 Å². The maximum Gasteiger partial charge on any atom is 0.123 e. The van der Waals surface area contributed by atoms with Gasteiger partial charge in [0.1, 0.15) is 5.82 Å². The van der Waals surface area contributed by atoms with Crippen LogP contribution in [0, 0.1) is 5.82 Å². The summed E-state index contributed by atoms with van der Waals surface area (Å²) in [5.74, 6) is -0.310. The van der Waals surface area contributed by atoms with Gasteiger partial charge in [-0.1, -0.05) is 18.2 Å². The second-order valence-corrected chi connectivity index (χ2v) is 2.94. The topological polar surface area (TPSA) is 20.2 Å². The Labute approximate surface area is 77.5 Å². The van der Waals surface area contributed by atoms with E-state index < -0.39 is 6.10 Å². The molecule has 0 spiro atoms. The molecule has 1 nitrogen and oxygen atoms in total. The lowest BCUT2D eigenvalue weighted by Gasteiger charge is -2.08. The van der Waals surface area contributed by atoms with E-state index in [-0.39, 0.29) is 5.82 Å². The van der Waals surface area contributed by atoms with Gasteiger partial charge in [0.05, 0.1) is 6.10 Å². The number of rotatable bonds is 4. The number of benzene rings is 1. The van der Waals surface area contributed by atoms with E-state index in [0.717, 1.165) is 6.42 Å². The van der Waals surface area contributed by atoms with Crippen LogP contribution in [-0.4, -0.2) is 5.11 Å². The first kappa shape index (κ1) is 9.93. The monoisotopic (exact) mass is 180 g/mol. The number of allylic oxidation sites excluding steroid dienone is 1. The van der Waals surface area contributed by atoms with Gasteiger partial charge in [0.15, 0.2) is 0 Å². The minimum Gasteiger partial charge on any atom is -0.388 e. The van der Waals surface area contributed by atoms with Crippen molar-refractivity contribution in [1.29, 1.82) is 0 Å². The van der Waals surface area contributed by atoms with Gasteiger partial charge in [-0.05, 0) is 30.5 Å². The van der Waals surface area contributed by atoms with Gasteiger partial charge >= 0.3 is 0 Å². The first-order chi connectivity index (χ1) is 6.24. The Morgan fingerprint density at radius 3 is 2.92 bits per heavy atom. The molecule has 0 saturated carbocycles. The standard InChI is InChI=1S/C11H13FO/c1-2-3-7-11(13)9-5-4-6-10(12)8-9/h2,4-6,8,11,13H,1,3,7H2. The third kappa shape index (κ3) is 2.99. The quantitative estimate of drug-likeness (QED) is 0.706. The van der Waals surface area contributed by atoms with E-state index in [9.17, 15) is 9.50 Å². The molecule has 0 aliphatic heterocycles. The molecule has 0 heterocycles. The lowest BCUT2D eigenvalue weighted by molar-refractivity contribution is 0.168. The van der Waals surface area contributed by atoms with Crippen LogP contribution in [0.1, 0.15) is 24.5 Å². The maximum atomic E-state index is 12.7. The SMILES string of the molecule is C=CCCC(O)c1cccc(F)c1. The summed E-state index contributed by atoms with van der Waals surface area (Å²) >= 11 is 0. The van der Waals surface area contributed by atoms with E-state index in [1.54, 1.807) is 18.2 Å². The van der Waals surface area contributed by atoms with E-state index >= 15 is 0 Å². The third-order valence-electron chi connectivity index (χ3n) is 1.88. The molecule has 0 aromatic heterocycles. The van der Waals surface area contributed by atoms with Crippen LogP contribution in [-0.2, 0) is 0 Å². The van der Waals surface area contributed by atoms with E-state index in [1.165, 1.54) is 12.1 Å². The maximum absolute atomic E-state index is 12.7. The van der Waals surface area contributed by atoms with Gasteiger partial charge in [-0.3, -0.25) is 0 Å². The van der Waals surface area contributed by atoms with Gasteiger partial charge in [0.25, 0.3) is 0 Å². The van der Waals surface area contributed by atoms with Crippen molar-refractivity contribution in [2.75, 3.05) is 0 Å². The summed E-state index contributed by atoms with van der Waals surface area (Å²) in [5, 5.41) is 9.56. The fourth-order valence-corrected chi connectivity index (χ4v) is 1.16. The second kappa shape index (κ2) is 4.77. The zero-order valence-corrected chi connectivity index (χ0v) is 7.41. The number of hydrogen-bond donors (Lipinski definition) is 1. The van der Waals surface area contributed by atoms with Crippen LogP contribution in [0.5, 0.6) is 0 Å². The highest BCUT2D eigenvalue weighted by Crippen LogP contribution is 2.18. The summed E-state index contributed by atoms with van der Waals surface area (Å²) in [6.45, 7) is 3.56. The van der Waals surface area contributed by atoms with E-state index in [4.69, 9.17) is 0 Å². The average Bonchev–Trinajstić information content (AvgIpc) is 2.14. The van der Waals surface area contributed by atoms with Crippen molar-refractivity contribution in [3.8, 4) is 0 Å². The molecule has 70 valence electrons. The Kier molecular flexibility index (Phi) is 3.65. The number of aliphatic hydroxyl groups is 1. The molecule has 1 aromatic carbocycles. The molecule has 2 heteroatoms. The van der Waals surface area contributed by atoms with Crippen molar-refractivity contribution in [3.63, 3.8) is 0 Å². The molecule has 1 atom stereocenters. The first-order valence-electron chi connectivity index (χ1n) is 4.28. The lowest BCUT2D eigenvalue weighted by atomic mass is 10.1. The normalized spacial score (nSPS) is 12.5. The van der Waals surface area contributed by atoms with Crippen molar-refractivity contribution in [1.82, 2.24) is 0 Å². The fourth-order valence-electron chi connectivity index (χ4n) is 1.16. The molecule has 0 bridgehead atoms. The lowest BCUT2D eigenvalue weighted by Crippen LogP contribution is -1.96. The third-order valence-corrected chi connectivity index (χ3v) is 1.88. The summed E-state index contributed by atoms with van der Waals surface area (Å²) in [7, 11) is 0. The first-order valence-corrected chi connectivity index (χ1v) is 4.28. The van der Waals surface area contributed by atoms with Crippen LogP contribution in [0.3, 0.4) is 0 Å². The summed E-state index contributed by atoms with van der Waals surface area (Å²) < 4.78 is 12.7. The predicted molar refractivity (Wildman–Crippen MR) is 50.8 cm³/mol. The Hall–Kier alpha value is -1.15. The molecule has 13 heavy (non-hydrogen) atoms. The summed E-state index contributed by atoms with van der Waals surface area (Å²) in [6, 6.07) is 6.04. The van der Waals surface area contributed by atoms with Crippen LogP contribution in [0.15, 0.2) is 36.9 Å². The molecule has 0 aliphatic carbocycles. The molecule has 1 N–H and O–H groups in total. The zero-order chi connectivity index (χ0) is 9.68. The molecule has 1 unspecified atom stereocenters. The molecular weight excluding hydrogens is 167 g/mol. The molecule has 1 aromatic rings.